The molecule has 0 fully saturated rings. The molecule has 0 spiro atoms. The van der Waals surface area contributed by atoms with Crippen LogP contribution in [0.25, 0.3) is 28.0 Å². The SMILES string of the molecule is Cc1ccc(NC(=O)c2cc(-c3ccccc3)nc3c2cnn3C(C)C)cc1-n1nnnc1C. The summed E-state index contributed by atoms with van der Waals surface area (Å²) in [6, 6.07) is 17.4. The van der Waals surface area contributed by atoms with E-state index in [9.17, 15) is 4.79 Å². The lowest BCUT2D eigenvalue weighted by molar-refractivity contribution is 0.102. The van der Waals surface area contributed by atoms with Crippen LogP contribution in [0.2, 0.25) is 0 Å². The molecular formula is C25H24N8O. The van der Waals surface area contributed by atoms with Crippen molar-refractivity contribution < 1.29 is 4.79 Å². The highest BCUT2D eigenvalue weighted by Gasteiger charge is 2.19. The average molecular weight is 453 g/mol. The van der Waals surface area contributed by atoms with Crippen LogP contribution in [0, 0.1) is 13.8 Å². The second-order valence-electron chi connectivity index (χ2n) is 8.43. The fourth-order valence-corrected chi connectivity index (χ4v) is 3.91. The highest BCUT2D eigenvalue weighted by molar-refractivity contribution is 6.12. The normalized spacial score (nSPS) is 11.3. The number of pyridine rings is 1. The first kappa shape index (κ1) is 21.4. The van der Waals surface area contributed by atoms with Crippen molar-refractivity contribution in [3.63, 3.8) is 0 Å². The van der Waals surface area contributed by atoms with Crippen molar-refractivity contribution >= 4 is 22.6 Å². The smallest absolute Gasteiger partial charge is 0.256 e. The quantitative estimate of drug-likeness (QED) is 0.420. The summed E-state index contributed by atoms with van der Waals surface area (Å²) in [5.74, 6) is 0.423. The van der Waals surface area contributed by atoms with E-state index in [1.54, 1.807) is 10.9 Å². The van der Waals surface area contributed by atoms with Crippen molar-refractivity contribution in [3.05, 3.63) is 77.7 Å². The summed E-state index contributed by atoms with van der Waals surface area (Å²) in [5, 5.41) is 20.0. The van der Waals surface area contributed by atoms with E-state index in [0.29, 0.717) is 28.1 Å². The number of amides is 1. The maximum Gasteiger partial charge on any atom is 0.256 e. The molecule has 0 aliphatic carbocycles. The van der Waals surface area contributed by atoms with Crippen molar-refractivity contribution in [2.75, 3.05) is 5.32 Å². The Bertz CT molecular complexity index is 1500. The van der Waals surface area contributed by atoms with Crippen molar-refractivity contribution in [3.8, 4) is 16.9 Å². The monoisotopic (exact) mass is 452 g/mol. The van der Waals surface area contributed by atoms with Crippen LogP contribution in [-0.2, 0) is 0 Å². The number of aryl methyl sites for hydroxylation is 2. The summed E-state index contributed by atoms with van der Waals surface area (Å²) in [6.07, 6.45) is 1.71. The number of anilines is 1. The molecule has 5 rings (SSSR count). The summed E-state index contributed by atoms with van der Waals surface area (Å²) in [5.41, 5.74) is 5.27. The lowest BCUT2D eigenvalue weighted by Gasteiger charge is -2.13. The lowest BCUT2D eigenvalue weighted by atomic mass is 10.1. The van der Waals surface area contributed by atoms with Gasteiger partial charge in [0.15, 0.2) is 11.5 Å². The molecular weight excluding hydrogens is 428 g/mol. The van der Waals surface area contributed by atoms with Gasteiger partial charge in [-0.3, -0.25) is 4.79 Å². The summed E-state index contributed by atoms with van der Waals surface area (Å²) in [7, 11) is 0. The van der Waals surface area contributed by atoms with Gasteiger partial charge in [-0.25, -0.2) is 9.67 Å². The van der Waals surface area contributed by atoms with Gasteiger partial charge < -0.3 is 5.32 Å². The molecule has 34 heavy (non-hydrogen) atoms. The number of hydrogen-bond donors (Lipinski definition) is 1. The lowest BCUT2D eigenvalue weighted by Crippen LogP contribution is -2.14. The zero-order chi connectivity index (χ0) is 23.8. The molecule has 0 aliphatic heterocycles. The van der Waals surface area contributed by atoms with Gasteiger partial charge in [0.05, 0.1) is 28.5 Å². The maximum absolute atomic E-state index is 13.5. The highest BCUT2D eigenvalue weighted by Crippen LogP contribution is 2.27. The van der Waals surface area contributed by atoms with Crippen LogP contribution in [0.4, 0.5) is 5.69 Å². The number of rotatable bonds is 5. The number of carbonyl (C=O) groups excluding carboxylic acids is 1. The van der Waals surface area contributed by atoms with Crippen molar-refractivity contribution in [2.24, 2.45) is 0 Å². The van der Waals surface area contributed by atoms with Gasteiger partial charge in [-0.05, 0) is 61.9 Å². The van der Waals surface area contributed by atoms with Gasteiger partial charge in [0.2, 0.25) is 0 Å². The predicted octanol–water partition coefficient (Wildman–Crippen LogP) is 4.52. The molecule has 0 saturated carbocycles. The Morgan fingerprint density at radius 3 is 2.53 bits per heavy atom. The number of hydrogen-bond acceptors (Lipinski definition) is 6. The molecule has 0 atom stereocenters. The zero-order valence-corrected chi connectivity index (χ0v) is 19.4. The maximum atomic E-state index is 13.5. The standard InChI is InChI=1S/C25H24N8O/c1-15(2)32-24-21(14-26-32)20(13-22(28-24)18-8-6-5-7-9-18)25(34)27-19-11-10-16(3)23(12-19)33-17(4)29-30-31-33/h5-15H,1-4H3,(H,27,34). The Labute approximate surface area is 196 Å². The summed E-state index contributed by atoms with van der Waals surface area (Å²) in [4.78, 5) is 18.4. The van der Waals surface area contributed by atoms with Crippen LogP contribution >= 0.6 is 0 Å². The van der Waals surface area contributed by atoms with Gasteiger partial charge in [-0.2, -0.15) is 9.78 Å². The third kappa shape index (κ3) is 3.81. The van der Waals surface area contributed by atoms with E-state index in [4.69, 9.17) is 4.98 Å². The number of benzene rings is 2. The molecule has 170 valence electrons. The molecule has 3 heterocycles. The second kappa shape index (κ2) is 8.51. The Morgan fingerprint density at radius 2 is 1.82 bits per heavy atom. The van der Waals surface area contributed by atoms with Gasteiger partial charge in [-0.1, -0.05) is 36.4 Å². The number of fused-ring (bicyclic) bond motifs is 1. The molecule has 5 aromatic rings. The molecule has 0 saturated heterocycles. The van der Waals surface area contributed by atoms with Crippen LogP contribution in [0.15, 0.2) is 60.8 Å². The van der Waals surface area contributed by atoms with E-state index in [1.165, 1.54) is 0 Å². The number of aromatic nitrogens is 7. The first-order valence-corrected chi connectivity index (χ1v) is 11.0. The van der Waals surface area contributed by atoms with Crippen molar-refractivity contribution in [2.45, 2.75) is 33.7 Å². The average Bonchev–Trinajstić information content (AvgIpc) is 3.46. The van der Waals surface area contributed by atoms with E-state index in [-0.39, 0.29) is 11.9 Å². The summed E-state index contributed by atoms with van der Waals surface area (Å²) in [6.45, 7) is 7.88. The minimum absolute atomic E-state index is 0.103. The van der Waals surface area contributed by atoms with Crippen molar-refractivity contribution in [1.29, 1.82) is 0 Å². The Balaban J connectivity index is 1.58. The van der Waals surface area contributed by atoms with Crippen LogP contribution in [-0.4, -0.2) is 40.9 Å². The van der Waals surface area contributed by atoms with Crippen LogP contribution in [0.3, 0.4) is 0 Å². The zero-order valence-electron chi connectivity index (χ0n) is 19.4. The Morgan fingerprint density at radius 1 is 1.03 bits per heavy atom. The molecule has 9 nitrogen and oxygen atoms in total. The van der Waals surface area contributed by atoms with Gasteiger partial charge in [0.25, 0.3) is 5.91 Å². The van der Waals surface area contributed by atoms with E-state index in [1.807, 2.05) is 87.0 Å². The second-order valence-corrected chi connectivity index (χ2v) is 8.43. The first-order chi connectivity index (χ1) is 16.4. The molecule has 0 unspecified atom stereocenters. The Hall–Kier alpha value is -4.40. The summed E-state index contributed by atoms with van der Waals surface area (Å²) < 4.78 is 3.48. The molecule has 0 radical (unpaired) electrons. The molecule has 3 aromatic heterocycles. The molecule has 1 N–H and O–H groups in total. The van der Waals surface area contributed by atoms with Crippen LogP contribution in [0.5, 0.6) is 0 Å². The van der Waals surface area contributed by atoms with Crippen LogP contribution < -0.4 is 5.32 Å². The minimum atomic E-state index is -0.240. The number of nitrogens with zero attached hydrogens (tertiary/aromatic N) is 7. The number of tetrazole rings is 1. The van der Waals surface area contributed by atoms with E-state index < -0.39 is 0 Å². The van der Waals surface area contributed by atoms with Gasteiger partial charge in [0, 0.05) is 17.3 Å². The third-order valence-corrected chi connectivity index (χ3v) is 5.69. The first-order valence-electron chi connectivity index (χ1n) is 11.0. The van der Waals surface area contributed by atoms with E-state index >= 15 is 0 Å². The fraction of sp³-hybridized carbons (Fsp3) is 0.200. The molecule has 9 heteroatoms. The predicted molar refractivity (Wildman–Crippen MR) is 130 cm³/mol. The van der Waals surface area contributed by atoms with Crippen molar-refractivity contribution in [1.82, 2.24) is 35.0 Å². The van der Waals surface area contributed by atoms with E-state index in [2.05, 4.69) is 25.9 Å². The Kier molecular flexibility index (Phi) is 5.37. The largest absolute Gasteiger partial charge is 0.322 e. The van der Waals surface area contributed by atoms with Gasteiger partial charge in [-0.15, -0.1) is 5.10 Å². The fourth-order valence-electron chi connectivity index (χ4n) is 3.91. The minimum Gasteiger partial charge on any atom is -0.322 e. The van der Waals surface area contributed by atoms with Gasteiger partial charge in [0.1, 0.15) is 0 Å². The number of nitrogens with one attached hydrogen (secondary N) is 1. The third-order valence-electron chi connectivity index (χ3n) is 5.69. The molecule has 0 bridgehead atoms. The topological polar surface area (TPSA) is 103 Å². The van der Waals surface area contributed by atoms with Gasteiger partial charge >= 0.3 is 0 Å². The molecule has 0 aliphatic rings. The van der Waals surface area contributed by atoms with Crippen LogP contribution in [0.1, 0.15) is 41.6 Å². The summed E-state index contributed by atoms with van der Waals surface area (Å²) >= 11 is 0. The molecule has 2 aromatic carbocycles. The number of carbonyl (C=O) groups is 1. The van der Waals surface area contributed by atoms with E-state index in [0.717, 1.165) is 22.5 Å². The highest BCUT2D eigenvalue weighted by atomic mass is 16.1. The molecule has 1 amide bonds.